The maximum atomic E-state index is 12.6. The Hall–Kier alpha value is -3.08. The van der Waals surface area contributed by atoms with Gasteiger partial charge in [0.05, 0.1) is 7.11 Å². The number of ether oxygens (including phenoxy) is 1. The third-order valence-corrected chi connectivity index (χ3v) is 4.08. The van der Waals surface area contributed by atoms with Crippen LogP contribution in [0.1, 0.15) is 22.8 Å². The van der Waals surface area contributed by atoms with Crippen LogP contribution in [0.2, 0.25) is 0 Å². The summed E-state index contributed by atoms with van der Waals surface area (Å²) in [5.41, 5.74) is 2.50. The number of anilines is 1. The highest BCUT2D eigenvalue weighted by atomic mass is 16.5. The molecule has 3 rings (SSSR count). The summed E-state index contributed by atoms with van der Waals surface area (Å²) in [6.45, 7) is 5.66. The quantitative estimate of drug-likeness (QED) is 0.941. The van der Waals surface area contributed by atoms with Gasteiger partial charge in [-0.05, 0) is 25.1 Å². The lowest BCUT2D eigenvalue weighted by atomic mass is 10.1. The third kappa shape index (κ3) is 2.65. The predicted octanol–water partition coefficient (Wildman–Crippen LogP) is 3.15. The van der Waals surface area contributed by atoms with E-state index in [1.54, 1.807) is 50.4 Å². The molecule has 122 valence electrons. The minimum atomic E-state index is -0.677. The van der Waals surface area contributed by atoms with E-state index in [2.05, 4.69) is 11.9 Å². The number of hydrogen-bond acceptors (Lipinski definition) is 3. The number of nitrogens with one attached hydrogen (secondary N) is 1. The highest BCUT2D eigenvalue weighted by Crippen LogP contribution is 2.33. The minimum absolute atomic E-state index is 0.205. The number of amides is 2. The molecule has 0 unspecified atom stereocenters. The first-order chi connectivity index (χ1) is 11.5. The van der Waals surface area contributed by atoms with Crippen molar-refractivity contribution in [3.05, 3.63) is 66.2 Å². The Morgan fingerprint density at radius 3 is 2.54 bits per heavy atom. The second-order valence-corrected chi connectivity index (χ2v) is 5.56. The standard InChI is InChI=1S/C19H18N2O3/c1-12-16-9-4-5-10-17(16)19(23)21(12)13(2)18(22)20-14-7-6-8-15(11-14)24-3/h4-11,13H,1H2,2-3H3,(H,20,22)/t13-/m1/s1. The molecule has 1 N–H and O–H groups in total. The van der Waals surface area contributed by atoms with Gasteiger partial charge in [-0.15, -0.1) is 0 Å². The van der Waals surface area contributed by atoms with E-state index in [9.17, 15) is 9.59 Å². The molecule has 0 saturated heterocycles. The van der Waals surface area contributed by atoms with Gasteiger partial charge in [-0.3, -0.25) is 14.5 Å². The molecule has 1 aliphatic heterocycles. The zero-order chi connectivity index (χ0) is 17.3. The van der Waals surface area contributed by atoms with Crippen LogP contribution in [0.25, 0.3) is 5.70 Å². The molecule has 5 nitrogen and oxygen atoms in total. The average molecular weight is 322 g/mol. The van der Waals surface area contributed by atoms with E-state index in [0.29, 0.717) is 22.7 Å². The van der Waals surface area contributed by atoms with Gasteiger partial charge in [0.2, 0.25) is 5.91 Å². The van der Waals surface area contributed by atoms with Crippen molar-refractivity contribution in [1.82, 2.24) is 4.90 Å². The maximum Gasteiger partial charge on any atom is 0.259 e. The Bertz CT molecular complexity index is 794. The van der Waals surface area contributed by atoms with Gasteiger partial charge in [-0.1, -0.05) is 30.8 Å². The molecule has 2 amide bonds. The van der Waals surface area contributed by atoms with E-state index < -0.39 is 6.04 Å². The highest BCUT2D eigenvalue weighted by Gasteiger charge is 2.36. The Kier molecular flexibility index (Phi) is 4.08. The van der Waals surface area contributed by atoms with Crippen LogP contribution in [0.5, 0.6) is 5.75 Å². The van der Waals surface area contributed by atoms with E-state index in [0.717, 1.165) is 5.56 Å². The van der Waals surface area contributed by atoms with Crippen LogP contribution in [0.4, 0.5) is 5.69 Å². The van der Waals surface area contributed by atoms with Crippen LogP contribution < -0.4 is 10.1 Å². The van der Waals surface area contributed by atoms with Crippen molar-refractivity contribution in [3.63, 3.8) is 0 Å². The van der Waals surface area contributed by atoms with Gasteiger partial charge >= 0.3 is 0 Å². The molecule has 1 aliphatic rings. The van der Waals surface area contributed by atoms with Gasteiger partial charge < -0.3 is 10.1 Å². The number of carbonyl (C=O) groups is 2. The normalized spacial score (nSPS) is 14.3. The first-order valence-corrected chi connectivity index (χ1v) is 7.59. The minimum Gasteiger partial charge on any atom is -0.497 e. The van der Waals surface area contributed by atoms with Crippen molar-refractivity contribution in [1.29, 1.82) is 0 Å². The first kappa shape index (κ1) is 15.8. The van der Waals surface area contributed by atoms with E-state index in [4.69, 9.17) is 4.74 Å². The fourth-order valence-corrected chi connectivity index (χ4v) is 2.78. The molecule has 0 fully saturated rings. The largest absolute Gasteiger partial charge is 0.497 e. The lowest BCUT2D eigenvalue weighted by molar-refractivity contribution is -0.119. The summed E-state index contributed by atoms with van der Waals surface area (Å²) in [6.07, 6.45) is 0. The van der Waals surface area contributed by atoms with Gasteiger partial charge in [0.15, 0.2) is 0 Å². The van der Waals surface area contributed by atoms with Crippen molar-refractivity contribution in [2.45, 2.75) is 13.0 Å². The second kappa shape index (κ2) is 6.20. The number of rotatable bonds is 4. The fourth-order valence-electron chi connectivity index (χ4n) is 2.78. The van der Waals surface area contributed by atoms with Gasteiger partial charge in [0.25, 0.3) is 5.91 Å². The van der Waals surface area contributed by atoms with Crippen LogP contribution in [0.3, 0.4) is 0 Å². The second-order valence-electron chi connectivity index (χ2n) is 5.56. The van der Waals surface area contributed by atoms with Crippen molar-refractivity contribution < 1.29 is 14.3 Å². The Labute approximate surface area is 140 Å². The van der Waals surface area contributed by atoms with E-state index in [1.807, 2.05) is 12.1 Å². The summed E-state index contributed by atoms with van der Waals surface area (Å²) in [4.78, 5) is 26.6. The van der Waals surface area contributed by atoms with Crippen molar-refractivity contribution in [2.24, 2.45) is 0 Å². The van der Waals surface area contributed by atoms with Gasteiger partial charge in [0.1, 0.15) is 11.8 Å². The lowest BCUT2D eigenvalue weighted by Crippen LogP contribution is -2.41. The molecule has 0 aromatic heterocycles. The summed E-state index contributed by atoms with van der Waals surface area (Å²) in [6, 6.07) is 13.6. The zero-order valence-electron chi connectivity index (χ0n) is 13.6. The molecule has 0 bridgehead atoms. The molecule has 2 aromatic carbocycles. The third-order valence-electron chi connectivity index (χ3n) is 4.08. The summed E-state index contributed by atoms with van der Waals surface area (Å²) >= 11 is 0. The molecular formula is C19H18N2O3. The monoisotopic (exact) mass is 322 g/mol. The van der Waals surface area contributed by atoms with Crippen LogP contribution in [-0.2, 0) is 4.79 Å². The number of methoxy groups -OCH3 is 1. The summed E-state index contributed by atoms with van der Waals surface area (Å²) in [5.74, 6) is 0.156. The number of fused-ring (bicyclic) bond motifs is 1. The number of carbonyl (C=O) groups excluding carboxylic acids is 2. The van der Waals surface area contributed by atoms with E-state index >= 15 is 0 Å². The maximum absolute atomic E-state index is 12.6. The van der Waals surface area contributed by atoms with Crippen molar-refractivity contribution in [2.75, 3.05) is 12.4 Å². The molecule has 1 heterocycles. The predicted molar refractivity (Wildman–Crippen MR) is 92.7 cm³/mol. The molecule has 24 heavy (non-hydrogen) atoms. The average Bonchev–Trinajstić information content (AvgIpc) is 2.86. The first-order valence-electron chi connectivity index (χ1n) is 7.59. The van der Waals surface area contributed by atoms with Crippen molar-refractivity contribution >= 4 is 23.2 Å². The Morgan fingerprint density at radius 1 is 1.17 bits per heavy atom. The van der Waals surface area contributed by atoms with E-state index in [1.165, 1.54) is 4.90 Å². The molecule has 0 aliphatic carbocycles. The summed E-state index contributed by atoms with van der Waals surface area (Å²) in [7, 11) is 1.56. The van der Waals surface area contributed by atoms with Crippen molar-refractivity contribution in [3.8, 4) is 5.75 Å². The van der Waals surface area contributed by atoms with Gasteiger partial charge in [-0.25, -0.2) is 0 Å². The molecule has 0 saturated carbocycles. The van der Waals surface area contributed by atoms with Gasteiger partial charge in [0, 0.05) is 28.6 Å². The summed E-state index contributed by atoms with van der Waals surface area (Å²) < 4.78 is 5.14. The lowest BCUT2D eigenvalue weighted by Gasteiger charge is -2.24. The van der Waals surface area contributed by atoms with Crippen LogP contribution >= 0.6 is 0 Å². The Morgan fingerprint density at radius 2 is 1.88 bits per heavy atom. The summed E-state index contributed by atoms with van der Waals surface area (Å²) in [5, 5.41) is 2.81. The molecule has 0 spiro atoms. The number of hydrogen-bond donors (Lipinski definition) is 1. The number of benzene rings is 2. The number of nitrogens with zero attached hydrogens (tertiary/aromatic N) is 1. The van der Waals surface area contributed by atoms with Gasteiger partial charge in [-0.2, -0.15) is 0 Å². The highest BCUT2D eigenvalue weighted by molar-refractivity contribution is 6.11. The smallest absolute Gasteiger partial charge is 0.259 e. The zero-order valence-corrected chi connectivity index (χ0v) is 13.6. The SMILES string of the molecule is C=C1c2ccccc2C(=O)N1[C@H](C)C(=O)Nc1cccc(OC)c1. The molecular weight excluding hydrogens is 304 g/mol. The Balaban J connectivity index is 1.79. The van der Waals surface area contributed by atoms with Crippen LogP contribution in [0, 0.1) is 0 Å². The van der Waals surface area contributed by atoms with Crippen LogP contribution in [0.15, 0.2) is 55.1 Å². The van der Waals surface area contributed by atoms with E-state index in [-0.39, 0.29) is 11.8 Å². The molecule has 2 aromatic rings. The fraction of sp³-hybridized carbons (Fsp3) is 0.158. The molecule has 0 radical (unpaired) electrons. The molecule has 1 atom stereocenters. The van der Waals surface area contributed by atoms with Crippen LogP contribution in [-0.4, -0.2) is 29.9 Å². The molecule has 5 heteroatoms. The topological polar surface area (TPSA) is 58.6 Å².